The quantitative estimate of drug-likeness (QED) is 0.799. The predicted octanol–water partition coefficient (Wildman–Crippen LogP) is 5.01. The first-order chi connectivity index (χ1) is 11.5. The molecule has 1 N–H and O–H groups in total. The molecule has 4 nitrogen and oxygen atoms in total. The minimum Gasteiger partial charge on any atom is -0.490 e. The van der Waals surface area contributed by atoms with Crippen molar-refractivity contribution in [1.82, 2.24) is 0 Å². The third kappa shape index (κ3) is 4.01. The van der Waals surface area contributed by atoms with E-state index in [1.807, 2.05) is 45.9 Å². The molecule has 2 aromatic carbocycles. The Morgan fingerprint density at radius 2 is 1.83 bits per heavy atom. The molecular formula is C19H22ClNO3. The van der Waals surface area contributed by atoms with Crippen LogP contribution in [0, 0.1) is 13.8 Å². The van der Waals surface area contributed by atoms with Crippen LogP contribution in [0.4, 0.5) is 5.69 Å². The van der Waals surface area contributed by atoms with Gasteiger partial charge in [-0.2, -0.15) is 0 Å². The lowest BCUT2D eigenvalue weighted by Gasteiger charge is -2.15. The second kappa shape index (κ2) is 8.06. The van der Waals surface area contributed by atoms with Gasteiger partial charge < -0.3 is 14.8 Å². The summed E-state index contributed by atoms with van der Waals surface area (Å²) in [7, 11) is 0. The maximum absolute atomic E-state index is 12.6. The molecule has 0 aliphatic rings. The summed E-state index contributed by atoms with van der Waals surface area (Å²) in [6.07, 6.45) is 0. The molecule has 0 aliphatic heterocycles. The van der Waals surface area contributed by atoms with Crippen molar-refractivity contribution in [2.24, 2.45) is 0 Å². The summed E-state index contributed by atoms with van der Waals surface area (Å²) in [5.74, 6) is 0.692. The highest BCUT2D eigenvalue weighted by Gasteiger charge is 2.17. The van der Waals surface area contributed by atoms with Crippen molar-refractivity contribution < 1.29 is 14.3 Å². The molecule has 0 spiro atoms. The summed E-state index contributed by atoms with van der Waals surface area (Å²) in [5.41, 5.74) is 3.36. The Bertz CT molecular complexity index is 744. The van der Waals surface area contributed by atoms with Crippen LogP contribution in [0.1, 0.15) is 35.3 Å². The minimum atomic E-state index is -0.241. The molecule has 2 aromatic rings. The molecule has 1 amide bonds. The van der Waals surface area contributed by atoms with Crippen molar-refractivity contribution in [3.8, 4) is 11.5 Å². The molecule has 0 unspecified atom stereocenters. The van der Waals surface area contributed by atoms with E-state index in [4.69, 9.17) is 21.1 Å². The molecule has 0 bridgehead atoms. The molecule has 5 heteroatoms. The molecule has 0 atom stereocenters. The lowest BCUT2D eigenvalue weighted by Crippen LogP contribution is -2.14. The molecule has 2 rings (SSSR count). The van der Waals surface area contributed by atoms with Gasteiger partial charge in [0.15, 0.2) is 11.5 Å². The zero-order chi connectivity index (χ0) is 17.7. The Morgan fingerprint density at radius 3 is 2.50 bits per heavy atom. The highest BCUT2D eigenvalue weighted by Crippen LogP contribution is 2.37. The summed E-state index contributed by atoms with van der Waals surface area (Å²) in [6.45, 7) is 8.64. The summed E-state index contributed by atoms with van der Waals surface area (Å²) < 4.78 is 11.1. The number of nitrogens with one attached hydrogen (secondary N) is 1. The standard InChI is InChI=1S/C19H22ClNO3/c1-5-23-17-11-14(10-15(20)18(17)24-6-2)19(22)21-16-9-7-8-12(3)13(16)4/h7-11H,5-6H2,1-4H3,(H,21,22). The van der Waals surface area contributed by atoms with E-state index in [-0.39, 0.29) is 5.91 Å². The number of carbonyl (C=O) groups is 1. The van der Waals surface area contributed by atoms with E-state index >= 15 is 0 Å². The van der Waals surface area contributed by atoms with Crippen LogP contribution in [0.2, 0.25) is 5.02 Å². The lowest BCUT2D eigenvalue weighted by molar-refractivity contribution is 0.102. The molecule has 0 aromatic heterocycles. The smallest absolute Gasteiger partial charge is 0.255 e. The van der Waals surface area contributed by atoms with Crippen LogP contribution in [0.15, 0.2) is 30.3 Å². The molecule has 0 radical (unpaired) electrons. The van der Waals surface area contributed by atoms with E-state index in [0.717, 1.165) is 16.8 Å². The Labute approximate surface area is 147 Å². The first-order valence-electron chi connectivity index (χ1n) is 7.94. The Kier molecular flexibility index (Phi) is 6.10. The van der Waals surface area contributed by atoms with Crippen LogP contribution in [0.5, 0.6) is 11.5 Å². The molecule has 128 valence electrons. The molecule has 0 fully saturated rings. The number of anilines is 1. The van der Waals surface area contributed by atoms with Crippen LogP contribution in [0.3, 0.4) is 0 Å². The number of ether oxygens (including phenoxy) is 2. The minimum absolute atomic E-state index is 0.241. The van der Waals surface area contributed by atoms with Gasteiger partial charge in [-0.3, -0.25) is 4.79 Å². The molecule has 24 heavy (non-hydrogen) atoms. The fourth-order valence-corrected chi connectivity index (χ4v) is 2.59. The average molecular weight is 348 g/mol. The zero-order valence-electron chi connectivity index (χ0n) is 14.4. The van der Waals surface area contributed by atoms with E-state index in [2.05, 4.69) is 5.32 Å². The summed E-state index contributed by atoms with van der Waals surface area (Å²) in [4.78, 5) is 12.6. The summed E-state index contributed by atoms with van der Waals surface area (Å²) in [5, 5.41) is 3.28. The van der Waals surface area contributed by atoms with Crippen molar-refractivity contribution in [3.63, 3.8) is 0 Å². The maximum Gasteiger partial charge on any atom is 0.255 e. The summed E-state index contributed by atoms with van der Waals surface area (Å²) >= 11 is 6.27. The Morgan fingerprint density at radius 1 is 1.12 bits per heavy atom. The van der Waals surface area contributed by atoms with Crippen molar-refractivity contribution in [1.29, 1.82) is 0 Å². The zero-order valence-corrected chi connectivity index (χ0v) is 15.2. The SMILES string of the molecule is CCOc1cc(C(=O)Nc2cccc(C)c2C)cc(Cl)c1OCC. The fraction of sp³-hybridized carbons (Fsp3) is 0.316. The van der Waals surface area contributed by atoms with E-state index in [9.17, 15) is 4.79 Å². The molecular weight excluding hydrogens is 326 g/mol. The van der Waals surface area contributed by atoms with Gasteiger partial charge in [0.25, 0.3) is 5.91 Å². The first-order valence-corrected chi connectivity index (χ1v) is 8.32. The number of aryl methyl sites for hydroxylation is 1. The molecule has 0 saturated heterocycles. The number of amides is 1. The van der Waals surface area contributed by atoms with Gasteiger partial charge in [0, 0.05) is 11.3 Å². The monoisotopic (exact) mass is 347 g/mol. The van der Waals surface area contributed by atoms with Gasteiger partial charge in [-0.25, -0.2) is 0 Å². The van der Waals surface area contributed by atoms with Crippen LogP contribution >= 0.6 is 11.6 Å². The number of carbonyl (C=O) groups excluding carboxylic acids is 1. The number of hydrogen-bond acceptors (Lipinski definition) is 3. The fourth-order valence-electron chi connectivity index (χ4n) is 2.33. The Balaban J connectivity index is 2.33. The van der Waals surface area contributed by atoms with Crippen molar-refractivity contribution >= 4 is 23.2 Å². The second-order valence-corrected chi connectivity index (χ2v) is 5.76. The van der Waals surface area contributed by atoms with Crippen molar-refractivity contribution in [3.05, 3.63) is 52.0 Å². The average Bonchev–Trinajstić information content (AvgIpc) is 2.55. The van der Waals surface area contributed by atoms with E-state index in [1.54, 1.807) is 12.1 Å². The van der Waals surface area contributed by atoms with Gasteiger partial charge in [-0.1, -0.05) is 23.7 Å². The van der Waals surface area contributed by atoms with Gasteiger partial charge in [-0.05, 0) is 57.0 Å². The number of rotatable bonds is 6. The third-order valence-electron chi connectivity index (χ3n) is 3.71. The Hall–Kier alpha value is -2.20. The van der Waals surface area contributed by atoms with Gasteiger partial charge in [0.1, 0.15) is 0 Å². The van der Waals surface area contributed by atoms with Crippen LogP contribution in [-0.4, -0.2) is 19.1 Å². The number of benzene rings is 2. The third-order valence-corrected chi connectivity index (χ3v) is 3.99. The first kappa shape index (κ1) is 18.1. The van der Waals surface area contributed by atoms with Crippen LogP contribution in [0.25, 0.3) is 0 Å². The molecule has 0 aliphatic carbocycles. The highest BCUT2D eigenvalue weighted by molar-refractivity contribution is 6.32. The van der Waals surface area contributed by atoms with Gasteiger partial charge in [-0.15, -0.1) is 0 Å². The van der Waals surface area contributed by atoms with Gasteiger partial charge in [0.2, 0.25) is 0 Å². The topological polar surface area (TPSA) is 47.6 Å². The number of hydrogen-bond donors (Lipinski definition) is 1. The largest absolute Gasteiger partial charge is 0.490 e. The summed E-state index contributed by atoms with van der Waals surface area (Å²) in [6, 6.07) is 9.04. The van der Waals surface area contributed by atoms with Crippen molar-refractivity contribution in [2.45, 2.75) is 27.7 Å². The van der Waals surface area contributed by atoms with Crippen LogP contribution < -0.4 is 14.8 Å². The molecule has 0 saturated carbocycles. The second-order valence-electron chi connectivity index (χ2n) is 5.35. The number of halogens is 1. The van der Waals surface area contributed by atoms with E-state index in [1.165, 1.54) is 0 Å². The highest BCUT2D eigenvalue weighted by atomic mass is 35.5. The van der Waals surface area contributed by atoms with E-state index < -0.39 is 0 Å². The van der Waals surface area contributed by atoms with E-state index in [0.29, 0.717) is 35.3 Å². The predicted molar refractivity (Wildman–Crippen MR) is 97.7 cm³/mol. The van der Waals surface area contributed by atoms with Gasteiger partial charge in [0.05, 0.1) is 18.2 Å². The van der Waals surface area contributed by atoms with Gasteiger partial charge >= 0.3 is 0 Å². The maximum atomic E-state index is 12.6. The molecule has 0 heterocycles. The van der Waals surface area contributed by atoms with Crippen molar-refractivity contribution in [2.75, 3.05) is 18.5 Å². The lowest BCUT2D eigenvalue weighted by atomic mass is 10.1. The normalized spacial score (nSPS) is 10.4. The van der Waals surface area contributed by atoms with Crippen LogP contribution in [-0.2, 0) is 0 Å².